The molecule has 102 valence electrons. The zero-order chi connectivity index (χ0) is 14.1. The molecule has 1 aromatic carbocycles. The van der Waals surface area contributed by atoms with Gasteiger partial charge in [-0.2, -0.15) is 8.42 Å². The average Bonchev–Trinajstić information content (AvgIpc) is 2.38. The molecule has 0 heterocycles. The fraction of sp³-hybridized carbons (Fsp3) is 0.333. The van der Waals surface area contributed by atoms with Crippen LogP contribution >= 0.6 is 0 Å². The van der Waals surface area contributed by atoms with Gasteiger partial charge in [0.25, 0.3) is 10.1 Å². The molecule has 1 aromatic rings. The Hall–Kier alpha value is -1.57. The maximum absolute atomic E-state index is 11.8. The topological polar surface area (TPSA) is 43.4 Å². The third-order valence-electron chi connectivity index (χ3n) is 2.31. The second-order valence-corrected chi connectivity index (χ2v) is 5.59. The summed E-state index contributed by atoms with van der Waals surface area (Å²) in [6, 6.07) is 6.57. The van der Waals surface area contributed by atoms with Crippen molar-refractivity contribution in [2.24, 2.45) is 0 Å². The van der Waals surface area contributed by atoms with E-state index in [-0.39, 0.29) is 11.5 Å². The van der Waals surface area contributed by atoms with Gasteiger partial charge in [0.2, 0.25) is 0 Å². The quantitative estimate of drug-likeness (QED) is 0.472. The summed E-state index contributed by atoms with van der Waals surface area (Å²) in [6.45, 7) is 4.00. The first-order valence-corrected chi connectivity index (χ1v) is 7.56. The Labute approximate surface area is 115 Å². The molecule has 0 atom stereocenters. The standard InChI is InChI=1S/C15H18O3S/c1-3-4-5-6-7-8-13-18-19(16,17)15-11-9-14(2)10-12-15/h4-5,9-12H,3,8,13H2,1-2H3/b5-4-. The lowest BCUT2D eigenvalue weighted by molar-refractivity contribution is 0.326. The Morgan fingerprint density at radius 1 is 1.26 bits per heavy atom. The predicted octanol–water partition coefficient (Wildman–Crippen LogP) is 3.06. The largest absolute Gasteiger partial charge is 0.297 e. The van der Waals surface area contributed by atoms with Gasteiger partial charge < -0.3 is 0 Å². The van der Waals surface area contributed by atoms with Crippen LogP contribution in [0.15, 0.2) is 41.3 Å². The highest BCUT2D eigenvalue weighted by Crippen LogP contribution is 2.13. The lowest BCUT2D eigenvalue weighted by Crippen LogP contribution is -2.07. The van der Waals surface area contributed by atoms with Crippen molar-refractivity contribution in [1.29, 1.82) is 0 Å². The van der Waals surface area contributed by atoms with Gasteiger partial charge in [-0.15, -0.1) is 0 Å². The van der Waals surface area contributed by atoms with Crippen molar-refractivity contribution in [2.75, 3.05) is 6.61 Å². The van der Waals surface area contributed by atoms with E-state index in [9.17, 15) is 8.42 Å². The summed E-state index contributed by atoms with van der Waals surface area (Å²) in [7, 11) is -3.66. The Kier molecular flexibility index (Phi) is 6.34. The molecular formula is C15H18O3S. The zero-order valence-corrected chi connectivity index (χ0v) is 12.0. The molecule has 0 unspecified atom stereocenters. The van der Waals surface area contributed by atoms with E-state index in [1.54, 1.807) is 30.3 Å². The number of benzene rings is 1. The van der Waals surface area contributed by atoms with Crippen molar-refractivity contribution in [1.82, 2.24) is 0 Å². The molecule has 0 aliphatic carbocycles. The highest BCUT2D eigenvalue weighted by molar-refractivity contribution is 7.86. The average molecular weight is 278 g/mol. The maximum atomic E-state index is 11.8. The number of hydrogen-bond acceptors (Lipinski definition) is 3. The molecule has 0 bridgehead atoms. The molecule has 0 aromatic heterocycles. The summed E-state index contributed by atoms with van der Waals surface area (Å²) in [5, 5.41) is 0. The normalized spacial score (nSPS) is 11.3. The van der Waals surface area contributed by atoms with Gasteiger partial charge >= 0.3 is 0 Å². The van der Waals surface area contributed by atoms with Gasteiger partial charge in [0.15, 0.2) is 0 Å². The van der Waals surface area contributed by atoms with Crippen molar-refractivity contribution in [2.45, 2.75) is 31.6 Å². The van der Waals surface area contributed by atoms with E-state index in [1.165, 1.54) is 0 Å². The molecule has 0 saturated carbocycles. The van der Waals surface area contributed by atoms with Crippen molar-refractivity contribution < 1.29 is 12.6 Å². The highest BCUT2D eigenvalue weighted by Gasteiger charge is 2.13. The fourth-order valence-corrected chi connectivity index (χ4v) is 2.19. The van der Waals surface area contributed by atoms with E-state index in [4.69, 9.17) is 4.18 Å². The Morgan fingerprint density at radius 2 is 1.95 bits per heavy atom. The molecule has 4 heteroatoms. The van der Waals surface area contributed by atoms with Crippen LogP contribution in [0.2, 0.25) is 0 Å². The third-order valence-corrected chi connectivity index (χ3v) is 3.64. The van der Waals surface area contributed by atoms with Crippen LogP contribution in [0.3, 0.4) is 0 Å². The molecular weight excluding hydrogens is 260 g/mol. The van der Waals surface area contributed by atoms with Gasteiger partial charge in [-0.05, 0) is 31.6 Å². The van der Waals surface area contributed by atoms with E-state index in [0.29, 0.717) is 6.42 Å². The van der Waals surface area contributed by atoms with Crippen molar-refractivity contribution >= 4 is 10.1 Å². The lowest BCUT2D eigenvalue weighted by atomic mass is 10.2. The van der Waals surface area contributed by atoms with Gasteiger partial charge in [0.05, 0.1) is 11.5 Å². The van der Waals surface area contributed by atoms with Crippen LogP contribution in [0, 0.1) is 18.8 Å². The van der Waals surface area contributed by atoms with E-state index in [0.717, 1.165) is 12.0 Å². The Balaban J connectivity index is 2.49. The second kappa shape index (κ2) is 7.78. The minimum absolute atomic E-state index is 0.0726. The number of hydrogen-bond donors (Lipinski definition) is 0. The molecule has 0 aliphatic rings. The fourth-order valence-electron chi connectivity index (χ4n) is 1.28. The number of allylic oxidation sites excluding steroid dienone is 2. The van der Waals surface area contributed by atoms with Crippen molar-refractivity contribution in [3.05, 3.63) is 42.0 Å². The molecule has 3 nitrogen and oxygen atoms in total. The van der Waals surface area contributed by atoms with E-state index < -0.39 is 10.1 Å². The second-order valence-electron chi connectivity index (χ2n) is 3.97. The molecule has 0 radical (unpaired) electrons. The van der Waals surface area contributed by atoms with Crippen LogP contribution in [0.4, 0.5) is 0 Å². The van der Waals surface area contributed by atoms with Gasteiger partial charge in [0.1, 0.15) is 0 Å². The van der Waals surface area contributed by atoms with Crippen LogP contribution in [-0.2, 0) is 14.3 Å². The summed E-state index contributed by atoms with van der Waals surface area (Å²) in [5.41, 5.74) is 1.01. The summed E-state index contributed by atoms with van der Waals surface area (Å²) >= 11 is 0. The molecule has 0 spiro atoms. The van der Waals surface area contributed by atoms with E-state index >= 15 is 0 Å². The van der Waals surface area contributed by atoms with Crippen LogP contribution in [0.1, 0.15) is 25.3 Å². The Morgan fingerprint density at radius 3 is 2.58 bits per heavy atom. The molecule has 19 heavy (non-hydrogen) atoms. The maximum Gasteiger partial charge on any atom is 0.297 e. The molecule has 0 amide bonds. The molecule has 0 aliphatic heterocycles. The van der Waals surface area contributed by atoms with Crippen molar-refractivity contribution in [3.8, 4) is 11.8 Å². The van der Waals surface area contributed by atoms with Crippen LogP contribution in [0.5, 0.6) is 0 Å². The van der Waals surface area contributed by atoms with Gasteiger partial charge in [-0.1, -0.05) is 42.5 Å². The Bertz CT molecular complexity index is 572. The first kappa shape index (κ1) is 15.5. The van der Waals surface area contributed by atoms with Crippen LogP contribution < -0.4 is 0 Å². The van der Waals surface area contributed by atoms with Gasteiger partial charge in [-0.25, -0.2) is 0 Å². The van der Waals surface area contributed by atoms with Crippen molar-refractivity contribution in [3.63, 3.8) is 0 Å². The predicted molar refractivity (Wildman–Crippen MR) is 76.1 cm³/mol. The summed E-state index contributed by atoms with van der Waals surface area (Å²) in [6.07, 6.45) is 5.03. The van der Waals surface area contributed by atoms with E-state index in [1.807, 2.05) is 19.9 Å². The first-order chi connectivity index (χ1) is 9.06. The molecule has 1 rings (SSSR count). The zero-order valence-electron chi connectivity index (χ0n) is 11.2. The minimum Gasteiger partial charge on any atom is -0.265 e. The number of aryl methyl sites for hydroxylation is 1. The highest BCUT2D eigenvalue weighted by atomic mass is 32.2. The van der Waals surface area contributed by atoms with Gasteiger partial charge in [-0.3, -0.25) is 4.18 Å². The first-order valence-electron chi connectivity index (χ1n) is 6.16. The van der Waals surface area contributed by atoms with Crippen LogP contribution in [0.25, 0.3) is 0 Å². The van der Waals surface area contributed by atoms with E-state index in [2.05, 4.69) is 11.8 Å². The monoisotopic (exact) mass is 278 g/mol. The number of rotatable bonds is 5. The minimum atomic E-state index is -3.66. The molecule has 0 N–H and O–H groups in total. The molecule has 0 fully saturated rings. The summed E-state index contributed by atoms with van der Waals surface area (Å²) in [4.78, 5) is 0.178. The summed E-state index contributed by atoms with van der Waals surface area (Å²) in [5.74, 6) is 5.64. The molecule has 0 saturated heterocycles. The van der Waals surface area contributed by atoms with Crippen LogP contribution in [-0.4, -0.2) is 15.0 Å². The van der Waals surface area contributed by atoms with Gasteiger partial charge in [0, 0.05) is 6.42 Å². The SMILES string of the molecule is CC/C=C\C#CCCOS(=O)(=O)c1ccc(C)cc1. The lowest BCUT2D eigenvalue weighted by Gasteiger charge is -2.03. The summed E-state index contributed by atoms with van der Waals surface area (Å²) < 4.78 is 28.5. The smallest absolute Gasteiger partial charge is 0.265 e. The third kappa shape index (κ3) is 5.73.